The van der Waals surface area contributed by atoms with Gasteiger partial charge in [0.2, 0.25) is 0 Å². The number of carbonyl (C=O) groups excluding carboxylic acids is 3. The summed E-state index contributed by atoms with van der Waals surface area (Å²) in [5.74, 6) is 3.38. The number of aromatic nitrogens is 4. The molecule has 2 aliphatic rings. The molecule has 4 aromatic rings. The van der Waals surface area contributed by atoms with E-state index in [1.165, 1.54) is 12.1 Å². The molecule has 2 aromatic carbocycles. The highest BCUT2D eigenvalue weighted by Crippen LogP contribution is 2.47. The first kappa shape index (κ1) is 29.8. The highest BCUT2D eigenvalue weighted by atomic mass is 19.1. The Morgan fingerprint density at radius 3 is 2.56 bits per heavy atom. The first-order chi connectivity index (χ1) is 21.7. The van der Waals surface area contributed by atoms with Gasteiger partial charge in [-0.1, -0.05) is 24.1 Å². The van der Waals surface area contributed by atoms with E-state index in [9.17, 15) is 18.8 Å². The van der Waals surface area contributed by atoms with Crippen LogP contribution in [0.15, 0.2) is 67.1 Å². The van der Waals surface area contributed by atoms with E-state index in [0.29, 0.717) is 46.8 Å². The summed E-state index contributed by atoms with van der Waals surface area (Å²) in [5.41, 5.74) is 3.17. The van der Waals surface area contributed by atoms with E-state index in [4.69, 9.17) is 0 Å². The molecule has 11 heteroatoms. The van der Waals surface area contributed by atoms with Crippen LogP contribution in [0.1, 0.15) is 78.8 Å². The maximum atomic E-state index is 14.8. The zero-order chi connectivity index (χ0) is 31.6. The maximum absolute atomic E-state index is 14.8. The van der Waals surface area contributed by atoms with Crippen LogP contribution in [-0.4, -0.2) is 43.8 Å². The van der Waals surface area contributed by atoms with Gasteiger partial charge in [0.15, 0.2) is 0 Å². The molecule has 3 N–H and O–H groups in total. The van der Waals surface area contributed by atoms with Gasteiger partial charge in [0.05, 0.1) is 30.5 Å². The molecular formula is C34H34FN7O3. The number of halogens is 1. The minimum Gasteiger partial charge on any atom is -0.344 e. The van der Waals surface area contributed by atoms with Crippen LogP contribution < -0.4 is 16.0 Å². The van der Waals surface area contributed by atoms with Crippen LogP contribution in [0.25, 0.3) is 11.1 Å². The molecule has 0 atom stereocenters. The molecule has 0 unspecified atom stereocenters. The number of nitrogens with one attached hydrogen (secondary N) is 3. The van der Waals surface area contributed by atoms with Crippen LogP contribution >= 0.6 is 0 Å². The lowest BCUT2D eigenvalue weighted by molar-refractivity contribution is -0.139. The lowest BCUT2D eigenvalue weighted by atomic mass is 9.98. The smallest absolute Gasteiger partial charge is 0.310 e. The highest BCUT2D eigenvalue weighted by Gasteiger charge is 2.46. The van der Waals surface area contributed by atoms with Crippen molar-refractivity contribution in [2.24, 2.45) is 0 Å². The lowest BCUT2D eigenvalue weighted by Crippen LogP contribution is -2.40. The second-order valence-electron chi connectivity index (χ2n) is 11.8. The van der Waals surface area contributed by atoms with Gasteiger partial charge in [-0.15, -0.1) is 0 Å². The third-order valence-corrected chi connectivity index (χ3v) is 8.03. The quantitative estimate of drug-likeness (QED) is 0.196. The van der Waals surface area contributed by atoms with E-state index in [1.807, 2.05) is 30.8 Å². The molecule has 2 aromatic heterocycles. The van der Waals surface area contributed by atoms with Crippen molar-refractivity contribution in [3.63, 3.8) is 0 Å². The van der Waals surface area contributed by atoms with E-state index in [2.05, 4.69) is 38.0 Å². The van der Waals surface area contributed by atoms with Crippen LogP contribution in [0.5, 0.6) is 0 Å². The zero-order valence-corrected chi connectivity index (χ0v) is 25.1. The Labute approximate surface area is 260 Å². The van der Waals surface area contributed by atoms with Crippen molar-refractivity contribution in [3.05, 3.63) is 95.3 Å². The van der Waals surface area contributed by atoms with Crippen LogP contribution in [0.2, 0.25) is 0 Å². The van der Waals surface area contributed by atoms with E-state index >= 15 is 0 Å². The van der Waals surface area contributed by atoms with Crippen molar-refractivity contribution < 1.29 is 18.8 Å². The number of hydrogen-bond acceptors (Lipinski definition) is 5. The molecule has 6 rings (SSSR count). The minimum absolute atomic E-state index is 0.0126. The fraction of sp³-hybridized carbons (Fsp3) is 0.324. The number of carbonyl (C=O) groups is 3. The molecule has 0 bridgehead atoms. The summed E-state index contributed by atoms with van der Waals surface area (Å²) in [6.07, 6.45) is 8.89. The predicted molar refractivity (Wildman–Crippen MR) is 165 cm³/mol. The number of benzene rings is 2. The maximum Gasteiger partial charge on any atom is 0.310 e. The van der Waals surface area contributed by atoms with Gasteiger partial charge < -0.3 is 16.0 Å². The molecule has 0 aliphatic heterocycles. The van der Waals surface area contributed by atoms with Crippen molar-refractivity contribution in [2.75, 3.05) is 6.54 Å². The van der Waals surface area contributed by atoms with Gasteiger partial charge in [0.1, 0.15) is 11.5 Å². The summed E-state index contributed by atoms with van der Waals surface area (Å²) in [4.78, 5) is 38.3. The van der Waals surface area contributed by atoms with E-state index < -0.39 is 17.4 Å². The van der Waals surface area contributed by atoms with Crippen LogP contribution in [0, 0.1) is 17.7 Å². The summed E-state index contributed by atoms with van der Waals surface area (Å²) in [6, 6.07) is 14.1. The molecular weight excluding hydrogens is 573 g/mol. The molecule has 3 amide bonds. The Hall–Kier alpha value is -5.24. The Balaban J connectivity index is 1.07. The number of amides is 3. The van der Waals surface area contributed by atoms with Gasteiger partial charge in [0.25, 0.3) is 5.91 Å². The molecule has 230 valence electrons. The second kappa shape index (κ2) is 12.4. The fourth-order valence-electron chi connectivity index (χ4n) is 5.27. The average Bonchev–Trinajstić information content (AvgIpc) is 3.93. The van der Waals surface area contributed by atoms with Crippen molar-refractivity contribution in [1.82, 2.24) is 35.5 Å². The summed E-state index contributed by atoms with van der Waals surface area (Å²) < 4.78 is 18.5. The lowest BCUT2D eigenvalue weighted by Gasteiger charge is -2.20. The molecule has 2 saturated carbocycles. The first-order valence-corrected chi connectivity index (χ1v) is 15.1. The van der Waals surface area contributed by atoms with Gasteiger partial charge in [-0.25, -0.2) is 4.39 Å². The molecule has 45 heavy (non-hydrogen) atoms. The third kappa shape index (κ3) is 6.80. The minimum atomic E-state index is -0.838. The fourth-order valence-corrected chi connectivity index (χ4v) is 5.27. The summed E-state index contributed by atoms with van der Waals surface area (Å²) in [7, 11) is 0. The Morgan fingerprint density at radius 2 is 1.80 bits per heavy atom. The SMILES string of the molecule is CC(C)n1nccc1C#CCNC(=O)C(=O)NCc1ccccc1C(=O)NC1(c2cc(F)cc(-c3cnn(C4CC4)c3)c2)CC1. The van der Waals surface area contributed by atoms with Gasteiger partial charge >= 0.3 is 11.8 Å². The topological polar surface area (TPSA) is 123 Å². The Morgan fingerprint density at radius 1 is 1.02 bits per heavy atom. The van der Waals surface area contributed by atoms with Crippen molar-refractivity contribution in [2.45, 2.75) is 63.7 Å². The molecule has 0 radical (unpaired) electrons. The predicted octanol–water partition coefficient (Wildman–Crippen LogP) is 4.00. The van der Waals surface area contributed by atoms with Crippen molar-refractivity contribution >= 4 is 17.7 Å². The van der Waals surface area contributed by atoms with E-state index in [1.54, 1.807) is 47.4 Å². The van der Waals surface area contributed by atoms with Crippen molar-refractivity contribution in [3.8, 4) is 23.0 Å². The average molecular weight is 608 g/mol. The van der Waals surface area contributed by atoms with Crippen molar-refractivity contribution in [1.29, 1.82) is 0 Å². The Bertz CT molecular complexity index is 1820. The molecule has 0 saturated heterocycles. The second-order valence-corrected chi connectivity index (χ2v) is 11.8. The number of nitrogens with zero attached hydrogens (tertiary/aromatic N) is 4. The van der Waals surface area contributed by atoms with Gasteiger partial charge in [0, 0.05) is 29.9 Å². The number of rotatable bonds is 9. The van der Waals surface area contributed by atoms with E-state index in [-0.39, 0.29) is 30.9 Å². The normalized spacial score (nSPS) is 14.8. The van der Waals surface area contributed by atoms with Crippen LogP contribution in [-0.2, 0) is 21.7 Å². The standard InChI is InChI=1S/C34H34FN7O3/c1-22(2)42-29(11-15-38-42)7-5-14-36-32(44)33(45)37-19-23-6-3-4-8-30(23)31(43)40-34(12-13-34)26-16-24(17-27(35)18-26)25-20-39-41(21-25)28-9-10-28/h3-4,6,8,11,15-18,20-22,28H,9-10,12-14,19H2,1-2H3,(H,36,44)(H,37,45)(H,40,43). The highest BCUT2D eigenvalue weighted by molar-refractivity contribution is 6.35. The largest absolute Gasteiger partial charge is 0.344 e. The summed E-state index contributed by atoms with van der Waals surface area (Å²) >= 11 is 0. The van der Waals surface area contributed by atoms with E-state index in [0.717, 1.165) is 18.4 Å². The van der Waals surface area contributed by atoms with Crippen LogP contribution in [0.3, 0.4) is 0 Å². The first-order valence-electron chi connectivity index (χ1n) is 15.1. The molecule has 2 aliphatic carbocycles. The monoisotopic (exact) mass is 607 g/mol. The van der Waals surface area contributed by atoms with Gasteiger partial charge in [-0.05, 0) is 92.5 Å². The Kier molecular flexibility index (Phi) is 8.22. The molecule has 10 nitrogen and oxygen atoms in total. The van der Waals surface area contributed by atoms with Crippen LogP contribution in [0.4, 0.5) is 4.39 Å². The molecule has 0 spiro atoms. The molecule has 2 fully saturated rings. The molecule has 2 heterocycles. The van der Waals surface area contributed by atoms with Gasteiger partial charge in [-0.3, -0.25) is 23.7 Å². The zero-order valence-electron chi connectivity index (χ0n) is 25.1. The third-order valence-electron chi connectivity index (χ3n) is 8.03. The summed E-state index contributed by atoms with van der Waals surface area (Å²) in [6.45, 7) is 3.93. The number of hydrogen-bond donors (Lipinski definition) is 3. The van der Waals surface area contributed by atoms with Gasteiger partial charge in [-0.2, -0.15) is 10.2 Å². The summed E-state index contributed by atoms with van der Waals surface area (Å²) in [5, 5.41) is 16.8.